The zero-order valence-corrected chi connectivity index (χ0v) is 11.6. The molecule has 0 aromatic carbocycles. The van der Waals surface area contributed by atoms with Crippen LogP contribution in [0, 0.1) is 0 Å². The molecule has 0 radical (unpaired) electrons. The van der Waals surface area contributed by atoms with Gasteiger partial charge in [0.25, 0.3) is 0 Å². The molecule has 1 N–H and O–H groups in total. The molecule has 16 heavy (non-hydrogen) atoms. The number of thiophene rings is 1. The largest absolute Gasteiger partial charge is 0.476 e. The van der Waals surface area contributed by atoms with Gasteiger partial charge < -0.3 is 5.11 Å². The van der Waals surface area contributed by atoms with Gasteiger partial charge in [-0.3, -0.25) is 0 Å². The zero-order chi connectivity index (χ0) is 11.7. The van der Waals surface area contributed by atoms with Gasteiger partial charge in [-0.2, -0.15) is 0 Å². The second-order valence-electron chi connectivity index (χ2n) is 3.04. The van der Waals surface area contributed by atoms with Crippen LogP contribution in [0.2, 0.25) is 0 Å². The number of carbonyl (C=O) groups is 1. The van der Waals surface area contributed by atoms with E-state index in [9.17, 15) is 4.79 Å². The van der Waals surface area contributed by atoms with Crippen molar-refractivity contribution in [3.05, 3.63) is 26.6 Å². The van der Waals surface area contributed by atoms with Crippen LogP contribution in [0.3, 0.4) is 0 Å². The van der Waals surface area contributed by atoms with Gasteiger partial charge in [0.15, 0.2) is 5.69 Å². The molecule has 2 aromatic heterocycles. The van der Waals surface area contributed by atoms with Gasteiger partial charge in [0.1, 0.15) is 0 Å². The second-order valence-corrected chi connectivity index (χ2v) is 5.90. The second kappa shape index (κ2) is 4.65. The van der Waals surface area contributed by atoms with E-state index in [4.69, 9.17) is 5.11 Å². The van der Waals surface area contributed by atoms with Gasteiger partial charge in [0.05, 0.1) is 14.8 Å². The highest BCUT2D eigenvalue weighted by Gasteiger charge is 2.20. The first-order valence-corrected chi connectivity index (χ1v) is 7.08. The predicted molar refractivity (Wildman–Crippen MR) is 69.5 cm³/mol. The van der Waals surface area contributed by atoms with Gasteiger partial charge in [-0.05, 0) is 33.8 Å². The third-order valence-corrected chi connectivity index (χ3v) is 5.20. The Morgan fingerprint density at radius 3 is 2.81 bits per heavy atom. The lowest BCUT2D eigenvalue weighted by Crippen LogP contribution is -1.98. The van der Waals surface area contributed by atoms with Crippen molar-refractivity contribution in [2.24, 2.45) is 0 Å². The van der Waals surface area contributed by atoms with Crippen LogP contribution >= 0.6 is 38.6 Å². The average molecular weight is 318 g/mol. The minimum atomic E-state index is -0.966. The van der Waals surface area contributed by atoms with Gasteiger partial charge in [-0.15, -0.1) is 22.7 Å². The number of carboxylic acids is 1. The smallest absolute Gasteiger partial charge is 0.356 e. The number of aryl methyl sites for hydroxylation is 1. The number of hydrogen-bond donors (Lipinski definition) is 1. The highest BCUT2D eigenvalue weighted by molar-refractivity contribution is 9.10. The number of thiazole rings is 1. The Kier molecular flexibility index (Phi) is 3.41. The summed E-state index contributed by atoms with van der Waals surface area (Å²) in [6.07, 6.45) is 0.758. The molecule has 0 bridgehead atoms. The molecule has 2 aromatic rings. The van der Waals surface area contributed by atoms with Crippen molar-refractivity contribution in [2.45, 2.75) is 13.3 Å². The van der Waals surface area contributed by atoms with Crippen LogP contribution in [0.4, 0.5) is 0 Å². The Morgan fingerprint density at radius 1 is 1.56 bits per heavy atom. The molecule has 3 nitrogen and oxygen atoms in total. The number of aromatic carboxylic acids is 1. The summed E-state index contributed by atoms with van der Waals surface area (Å²) in [5, 5.41) is 11.9. The van der Waals surface area contributed by atoms with Crippen molar-refractivity contribution in [1.29, 1.82) is 0 Å². The third kappa shape index (κ3) is 2.05. The number of halogens is 1. The first kappa shape index (κ1) is 11.8. The van der Waals surface area contributed by atoms with E-state index in [0.717, 1.165) is 25.7 Å². The molecule has 0 fully saturated rings. The quantitative estimate of drug-likeness (QED) is 0.934. The van der Waals surface area contributed by atoms with Crippen LogP contribution in [0.25, 0.3) is 9.75 Å². The van der Waals surface area contributed by atoms with Crippen molar-refractivity contribution < 1.29 is 9.90 Å². The highest BCUT2D eigenvalue weighted by atomic mass is 79.9. The summed E-state index contributed by atoms with van der Waals surface area (Å²) >= 11 is 6.38. The van der Waals surface area contributed by atoms with Gasteiger partial charge in [-0.25, -0.2) is 9.78 Å². The molecule has 0 amide bonds. The van der Waals surface area contributed by atoms with Crippen LogP contribution in [0.5, 0.6) is 0 Å². The molecule has 2 rings (SSSR count). The van der Waals surface area contributed by atoms with Crippen LogP contribution in [-0.2, 0) is 6.42 Å². The summed E-state index contributed by atoms with van der Waals surface area (Å²) in [5.74, 6) is -0.966. The maximum absolute atomic E-state index is 11.1. The third-order valence-electron chi connectivity index (χ3n) is 2.00. The van der Waals surface area contributed by atoms with E-state index >= 15 is 0 Å². The summed E-state index contributed by atoms with van der Waals surface area (Å²) in [4.78, 5) is 16.9. The molecule has 0 aliphatic heterocycles. The molecule has 0 atom stereocenters. The first-order chi connectivity index (χ1) is 7.63. The fraction of sp³-hybridized carbons (Fsp3) is 0.200. The SMILES string of the molecule is CCc1nc(C(=O)O)c(-c2sccc2Br)s1. The molecular formula is C10H8BrNO2S2. The summed E-state index contributed by atoms with van der Waals surface area (Å²) in [7, 11) is 0. The molecule has 84 valence electrons. The molecule has 0 unspecified atom stereocenters. The van der Waals surface area contributed by atoms with E-state index in [1.54, 1.807) is 0 Å². The predicted octanol–water partition coefficient (Wildman–Crippen LogP) is 3.89. The molecule has 2 heterocycles. The number of aromatic nitrogens is 1. The van der Waals surface area contributed by atoms with Crippen LogP contribution < -0.4 is 0 Å². The van der Waals surface area contributed by atoms with Crippen molar-refractivity contribution in [1.82, 2.24) is 4.98 Å². The zero-order valence-electron chi connectivity index (χ0n) is 8.36. The molecule has 6 heteroatoms. The molecule has 0 aliphatic rings. The van der Waals surface area contributed by atoms with Crippen molar-refractivity contribution in [2.75, 3.05) is 0 Å². The number of rotatable bonds is 3. The maximum Gasteiger partial charge on any atom is 0.356 e. The van der Waals surface area contributed by atoms with Gasteiger partial charge in [0, 0.05) is 4.47 Å². The van der Waals surface area contributed by atoms with Gasteiger partial charge in [-0.1, -0.05) is 6.92 Å². The Labute approximate surface area is 109 Å². The first-order valence-electron chi connectivity index (χ1n) is 4.59. The molecular weight excluding hydrogens is 310 g/mol. The Bertz CT molecular complexity index is 533. The van der Waals surface area contributed by atoms with E-state index in [-0.39, 0.29) is 5.69 Å². The summed E-state index contributed by atoms with van der Waals surface area (Å²) < 4.78 is 0.923. The summed E-state index contributed by atoms with van der Waals surface area (Å²) in [6, 6.07) is 1.91. The van der Waals surface area contributed by atoms with E-state index in [1.807, 2.05) is 18.4 Å². The summed E-state index contributed by atoms with van der Waals surface area (Å²) in [5.41, 5.74) is 0.157. The standard InChI is InChI=1S/C10H8BrNO2S2/c1-2-6-12-7(10(13)14)9(16-6)8-5(11)3-4-15-8/h3-4H,2H2,1H3,(H,13,14). The van der Waals surface area contributed by atoms with Crippen LogP contribution in [0.15, 0.2) is 15.9 Å². The maximum atomic E-state index is 11.1. The molecule has 0 spiro atoms. The fourth-order valence-electron chi connectivity index (χ4n) is 1.27. The monoisotopic (exact) mass is 317 g/mol. The molecule has 0 saturated carbocycles. The van der Waals surface area contributed by atoms with Crippen molar-refractivity contribution in [3.8, 4) is 9.75 Å². The lowest BCUT2D eigenvalue weighted by Gasteiger charge is -1.95. The van der Waals surface area contributed by atoms with Gasteiger partial charge >= 0.3 is 5.97 Å². The van der Waals surface area contributed by atoms with Gasteiger partial charge in [0.2, 0.25) is 0 Å². The van der Waals surface area contributed by atoms with E-state index in [2.05, 4.69) is 20.9 Å². The fourth-order valence-corrected chi connectivity index (χ4v) is 4.13. The van der Waals surface area contributed by atoms with E-state index in [0.29, 0.717) is 0 Å². The number of hydrogen-bond acceptors (Lipinski definition) is 4. The van der Waals surface area contributed by atoms with Crippen molar-refractivity contribution in [3.63, 3.8) is 0 Å². The Morgan fingerprint density at radius 2 is 2.31 bits per heavy atom. The lowest BCUT2D eigenvalue weighted by atomic mass is 10.3. The minimum absolute atomic E-state index is 0.157. The van der Waals surface area contributed by atoms with Crippen LogP contribution in [0.1, 0.15) is 22.4 Å². The highest BCUT2D eigenvalue weighted by Crippen LogP contribution is 2.39. The topological polar surface area (TPSA) is 50.2 Å². The molecule has 0 saturated heterocycles. The molecule has 0 aliphatic carbocycles. The number of nitrogens with zero attached hydrogens (tertiary/aromatic N) is 1. The van der Waals surface area contributed by atoms with Crippen LogP contribution in [-0.4, -0.2) is 16.1 Å². The normalized spacial score (nSPS) is 10.6. The Balaban J connectivity index is 2.59. The van der Waals surface area contributed by atoms with Crippen molar-refractivity contribution >= 4 is 44.6 Å². The average Bonchev–Trinajstić information content (AvgIpc) is 2.82. The number of carboxylic acid groups (broad SMARTS) is 1. The Hall–Kier alpha value is -0.720. The summed E-state index contributed by atoms with van der Waals surface area (Å²) in [6.45, 7) is 1.97. The van der Waals surface area contributed by atoms with E-state index in [1.165, 1.54) is 22.7 Å². The minimum Gasteiger partial charge on any atom is -0.476 e. The van der Waals surface area contributed by atoms with E-state index < -0.39 is 5.97 Å². The lowest BCUT2D eigenvalue weighted by molar-refractivity contribution is 0.0692.